The van der Waals surface area contributed by atoms with Gasteiger partial charge in [-0.3, -0.25) is 9.69 Å². The van der Waals surface area contributed by atoms with E-state index in [4.69, 9.17) is 4.74 Å². The number of ether oxygens (including phenoxy) is 1. The maximum Gasteiger partial charge on any atom is 0.254 e. The summed E-state index contributed by atoms with van der Waals surface area (Å²) in [5, 5.41) is 0. The zero-order valence-corrected chi connectivity index (χ0v) is 12.8. The van der Waals surface area contributed by atoms with Crippen LogP contribution in [0.15, 0.2) is 36.9 Å². The highest BCUT2D eigenvalue weighted by Crippen LogP contribution is 2.16. The van der Waals surface area contributed by atoms with E-state index in [2.05, 4.69) is 11.5 Å². The first-order valence-electron chi connectivity index (χ1n) is 7.60. The van der Waals surface area contributed by atoms with Crippen LogP contribution in [-0.2, 0) is 0 Å². The van der Waals surface area contributed by atoms with Gasteiger partial charge in [0.05, 0.1) is 6.61 Å². The van der Waals surface area contributed by atoms with Gasteiger partial charge in [0.1, 0.15) is 5.75 Å². The lowest BCUT2D eigenvalue weighted by Crippen LogP contribution is -2.35. The van der Waals surface area contributed by atoms with Gasteiger partial charge in [-0.15, -0.1) is 6.58 Å². The molecule has 114 valence electrons. The summed E-state index contributed by atoms with van der Waals surface area (Å²) in [6.45, 7) is 10.7. The Morgan fingerprint density at radius 3 is 2.95 bits per heavy atom. The van der Waals surface area contributed by atoms with Crippen LogP contribution in [0.2, 0.25) is 0 Å². The lowest BCUT2D eigenvalue weighted by Gasteiger charge is -2.21. The van der Waals surface area contributed by atoms with Gasteiger partial charge in [-0.1, -0.05) is 12.1 Å². The number of carbonyl (C=O) groups is 1. The van der Waals surface area contributed by atoms with Gasteiger partial charge in [-0.2, -0.15) is 0 Å². The molecule has 0 saturated carbocycles. The molecule has 1 heterocycles. The van der Waals surface area contributed by atoms with Crippen LogP contribution < -0.4 is 4.74 Å². The molecule has 21 heavy (non-hydrogen) atoms. The monoisotopic (exact) mass is 288 g/mol. The van der Waals surface area contributed by atoms with Crippen LogP contribution in [0, 0.1) is 0 Å². The molecule has 0 unspecified atom stereocenters. The summed E-state index contributed by atoms with van der Waals surface area (Å²) in [5.41, 5.74) is 0.707. The Morgan fingerprint density at radius 2 is 2.19 bits per heavy atom. The van der Waals surface area contributed by atoms with Gasteiger partial charge in [0.2, 0.25) is 0 Å². The minimum absolute atomic E-state index is 0.0945. The first-order chi connectivity index (χ1) is 10.2. The molecule has 1 fully saturated rings. The Morgan fingerprint density at radius 1 is 1.33 bits per heavy atom. The fraction of sp³-hybridized carbons (Fsp3) is 0.471. The maximum absolute atomic E-state index is 12.6. The molecule has 4 nitrogen and oxygen atoms in total. The van der Waals surface area contributed by atoms with Gasteiger partial charge in [-0.25, -0.2) is 0 Å². The van der Waals surface area contributed by atoms with Crippen LogP contribution in [0.1, 0.15) is 23.7 Å². The average molecular weight is 288 g/mol. The lowest BCUT2D eigenvalue weighted by atomic mass is 10.2. The van der Waals surface area contributed by atoms with Gasteiger partial charge in [0.25, 0.3) is 5.91 Å². The van der Waals surface area contributed by atoms with E-state index in [-0.39, 0.29) is 5.91 Å². The molecule has 1 aromatic rings. The van der Waals surface area contributed by atoms with Crippen molar-refractivity contribution in [2.45, 2.75) is 13.3 Å². The van der Waals surface area contributed by atoms with E-state index >= 15 is 0 Å². The molecule has 2 rings (SSSR count). The third kappa shape index (κ3) is 4.33. The molecule has 0 spiro atoms. The van der Waals surface area contributed by atoms with Gasteiger partial charge in [0.15, 0.2) is 0 Å². The molecule has 1 aliphatic rings. The number of carbonyl (C=O) groups excluding carboxylic acids is 1. The van der Waals surface area contributed by atoms with E-state index in [1.54, 1.807) is 0 Å². The Balaban J connectivity index is 2.02. The summed E-state index contributed by atoms with van der Waals surface area (Å²) in [5.74, 6) is 0.850. The fourth-order valence-corrected chi connectivity index (χ4v) is 2.61. The number of benzene rings is 1. The number of nitrogens with zero attached hydrogens (tertiary/aromatic N) is 2. The molecular weight excluding hydrogens is 264 g/mol. The third-order valence-electron chi connectivity index (χ3n) is 3.66. The van der Waals surface area contributed by atoms with Crippen molar-refractivity contribution in [1.29, 1.82) is 0 Å². The second kappa shape index (κ2) is 7.84. The highest BCUT2D eigenvalue weighted by atomic mass is 16.5. The van der Waals surface area contributed by atoms with Crippen molar-refractivity contribution in [3.63, 3.8) is 0 Å². The van der Waals surface area contributed by atoms with Crippen molar-refractivity contribution in [2.24, 2.45) is 0 Å². The SMILES string of the molecule is C=CCN1CCCN(C(=O)c2cccc(OCC)c2)CC1. The highest BCUT2D eigenvalue weighted by Gasteiger charge is 2.20. The topological polar surface area (TPSA) is 32.8 Å². The van der Waals surface area contributed by atoms with Crippen LogP contribution in [0.3, 0.4) is 0 Å². The van der Waals surface area contributed by atoms with E-state index in [9.17, 15) is 4.79 Å². The molecule has 0 aliphatic carbocycles. The lowest BCUT2D eigenvalue weighted by molar-refractivity contribution is 0.0761. The molecule has 0 aromatic heterocycles. The Bertz CT molecular complexity index is 487. The molecule has 1 aliphatic heterocycles. The van der Waals surface area contributed by atoms with Crippen molar-refractivity contribution in [1.82, 2.24) is 9.80 Å². The predicted octanol–water partition coefficient (Wildman–Crippen LogP) is 2.42. The molecule has 0 radical (unpaired) electrons. The third-order valence-corrected chi connectivity index (χ3v) is 3.66. The van der Waals surface area contributed by atoms with Crippen LogP contribution in [0.4, 0.5) is 0 Å². The smallest absolute Gasteiger partial charge is 0.254 e. The van der Waals surface area contributed by atoms with Crippen molar-refractivity contribution < 1.29 is 9.53 Å². The van der Waals surface area contributed by atoms with Gasteiger partial charge < -0.3 is 9.64 Å². The van der Waals surface area contributed by atoms with Gasteiger partial charge in [0, 0.05) is 38.3 Å². The van der Waals surface area contributed by atoms with Gasteiger partial charge in [-0.05, 0) is 31.5 Å². The Hall–Kier alpha value is -1.81. The van der Waals surface area contributed by atoms with Gasteiger partial charge >= 0.3 is 0 Å². The highest BCUT2D eigenvalue weighted by molar-refractivity contribution is 5.94. The first kappa shape index (κ1) is 15.6. The number of hydrogen-bond acceptors (Lipinski definition) is 3. The summed E-state index contributed by atoms with van der Waals surface area (Å²) in [7, 11) is 0. The summed E-state index contributed by atoms with van der Waals surface area (Å²) in [4.78, 5) is 16.9. The minimum atomic E-state index is 0.0945. The van der Waals surface area contributed by atoms with E-state index < -0.39 is 0 Å². The zero-order valence-electron chi connectivity index (χ0n) is 12.8. The number of hydrogen-bond donors (Lipinski definition) is 0. The zero-order chi connectivity index (χ0) is 15.1. The fourth-order valence-electron chi connectivity index (χ4n) is 2.61. The molecule has 1 saturated heterocycles. The van der Waals surface area contributed by atoms with Crippen LogP contribution >= 0.6 is 0 Å². The molecule has 0 atom stereocenters. The van der Waals surface area contributed by atoms with Crippen LogP contribution in [0.25, 0.3) is 0 Å². The second-order valence-electron chi connectivity index (χ2n) is 5.20. The Kier molecular flexibility index (Phi) is 5.81. The molecular formula is C17H24N2O2. The largest absolute Gasteiger partial charge is 0.494 e. The maximum atomic E-state index is 12.6. The van der Waals surface area contributed by atoms with E-state index in [1.807, 2.05) is 42.2 Å². The summed E-state index contributed by atoms with van der Waals surface area (Å²) in [6, 6.07) is 7.45. The minimum Gasteiger partial charge on any atom is -0.494 e. The number of rotatable bonds is 5. The van der Waals surface area contributed by atoms with Crippen molar-refractivity contribution in [2.75, 3.05) is 39.3 Å². The normalized spacial score (nSPS) is 16.3. The van der Waals surface area contributed by atoms with E-state index in [1.165, 1.54) is 0 Å². The molecule has 1 amide bonds. The van der Waals surface area contributed by atoms with Crippen molar-refractivity contribution >= 4 is 5.91 Å². The quantitative estimate of drug-likeness (QED) is 0.780. The molecule has 0 bridgehead atoms. The summed E-state index contributed by atoms with van der Waals surface area (Å²) < 4.78 is 5.47. The van der Waals surface area contributed by atoms with Crippen LogP contribution in [-0.4, -0.2) is 55.0 Å². The molecule has 1 aromatic carbocycles. The Labute approximate surface area is 127 Å². The summed E-state index contributed by atoms with van der Waals surface area (Å²) in [6.07, 6.45) is 2.92. The predicted molar refractivity (Wildman–Crippen MR) is 84.8 cm³/mol. The van der Waals surface area contributed by atoms with E-state index in [0.717, 1.165) is 44.9 Å². The van der Waals surface area contributed by atoms with Crippen LogP contribution in [0.5, 0.6) is 5.75 Å². The van der Waals surface area contributed by atoms with Crippen molar-refractivity contribution in [3.05, 3.63) is 42.5 Å². The summed E-state index contributed by atoms with van der Waals surface area (Å²) >= 11 is 0. The number of amides is 1. The standard InChI is InChI=1S/C17H24N2O2/c1-3-9-18-10-6-11-19(13-12-18)17(20)15-7-5-8-16(14-15)21-4-2/h3,5,7-8,14H,1,4,6,9-13H2,2H3. The molecule has 0 N–H and O–H groups in total. The molecule has 4 heteroatoms. The van der Waals surface area contributed by atoms with E-state index in [0.29, 0.717) is 12.2 Å². The first-order valence-corrected chi connectivity index (χ1v) is 7.60. The van der Waals surface area contributed by atoms with Crippen molar-refractivity contribution in [3.8, 4) is 5.75 Å². The average Bonchev–Trinajstić information content (AvgIpc) is 2.73. The second-order valence-corrected chi connectivity index (χ2v) is 5.20.